The molecule has 2 N–H and O–H groups in total. The summed E-state index contributed by atoms with van der Waals surface area (Å²) in [7, 11) is 0. The first kappa shape index (κ1) is 24.5. The Hall–Kier alpha value is -4.12. The van der Waals surface area contributed by atoms with E-state index in [4.69, 9.17) is 15.1 Å². The van der Waals surface area contributed by atoms with Gasteiger partial charge in [0.15, 0.2) is 0 Å². The monoisotopic (exact) mass is 461 g/mol. The summed E-state index contributed by atoms with van der Waals surface area (Å²) in [6.07, 6.45) is 1.86. The van der Waals surface area contributed by atoms with Crippen molar-refractivity contribution >= 4 is 18.0 Å². The van der Waals surface area contributed by atoms with Gasteiger partial charge in [-0.2, -0.15) is 5.26 Å². The lowest BCUT2D eigenvalue weighted by molar-refractivity contribution is -0.141. The predicted octanol–water partition coefficient (Wildman–Crippen LogP) is 4.29. The zero-order valence-corrected chi connectivity index (χ0v) is 19.0. The molecule has 0 saturated heterocycles. The van der Waals surface area contributed by atoms with Gasteiger partial charge in [-0.25, -0.2) is 9.59 Å². The van der Waals surface area contributed by atoms with Crippen molar-refractivity contribution in [1.29, 1.82) is 5.26 Å². The molecule has 0 spiro atoms. The second-order valence-corrected chi connectivity index (χ2v) is 8.03. The van der Waals surface area contributed by atoms with Gasteiger partial charge in [0, 0.05) is 18.7 Å². The average Bonchev–Trinajstić information content (AvgIpc) is 2.84. The lowest BCUT2D eigenvalue weighted by atomic mass is 9.94. The largest absolute Gasteiger partial charge is 0.481 e. The van der Waals surface area contributed by atoms with Crippen LogP contribution < -0.4 is 5.32 Å². The molecule has 8 heteroatoms. The number of nitrogens with one attached hydrogen (secondary N) is 1. The Bertz CT molecular complexity index is 1100. The lowest BCUT2D eigenvalue weighted by Crippen LogP contribution is -2.48. The van der Waals surface area contributed by atoms with Crippen LogP contribution in [0, 0.1) is 11.3 Å². The summed E-state index contributed by atoms with van der Waals surface area (Å²) in [5.74, 6) is -1.38. The van der Waals surface area contributed by atoms with Gasteiger partial charge in [0.2, 0.25) is 0 Å². The SMILES string of the molecule is CC1=C(C(=O)OCc2ccccc2)C(c2ccc(C#N)cc2)NC(=O)N1CCCCCC(=O)O. The average molecular weight is 462 g/mol. The molecular weight excluding hydrogens is 434 g/mol. The zero-order valence-electron chi connectivity index (χ0n) is 19.0. The number of nitrogens with zero attached hydrogens (tertiary/aromatic N) is 2. The van der Waals surface area contributed by atoms with Crippen molar-refractivity contribution in [2.45, 2.75) is 45.3 Å². The van der Waals surface area contributed by atoms with Crippen molar-refractivity contribution in [3.8, 4) is 6.07 Å². The van der Waals surface area contributed by atoms with Crippen LogP contribution in [0.4, 0.5) is 4.79 Å². The highest BCUT2D eigenvalue weighted by Crippen LogP contribution is 2.32. The molecule has 0 aliphatic carbocycles. The number of nitriles is 1. The van der Waals surface area contributed by atoms with E-state index in [-0.39, 0.29) is 19.1 Å². The molecular formula is C26H27N3O5. The predicted molar refractivity (Wildman–Crippen MR) is 124 cm³/mol. The van der Waals surface area contributed by atoms with Crippen LogP contribution in [0.2, 0.25) is 0 Å². The molecule has 2 aromatic rings. The maximum Gasteiger partial charge on any atom is 0.338 e. The molecule has 2 amide bonds. The summed E-state index contributed by atoms with van der Waals surface area (Å²) >= 11 is 0. The highest BCUT2D eigenvalue weighted by molar-refractivity contribution is 5.95. The number of hydrogen-bond donors (Lipinski definition) is 2. The number of aliphatic carboxylic acids is 1. The fraction of sp³-hybridized carbons (Fsp3) is 0.308. The lowest BCUT2D eigenvalue weighted by Gasteiger charge is -2.35. The molecule has 0 bridgehead atoms. The van der Waals surface area contributed by atoms with E-state index >= 15 is 0 Å². The van der Waals surface area contributed by atoms with Crippen LogP contribution in [0.3, 0.4) is 0 Å². The zero-order chi connectivity index (χ0) is 24.5. The van der Waals surface area contributed by atoms with Gasteiger partial charge in [-0.05, 0) is 43.0 Å². The number of rotatable bonds is 10. The van der Waals surface area contributed by atoms with Crippen molar-refractivity contribution in [3.63, 3.8) is 0 Å². The van der Waals surface area contributed by atoms with Crippen LogP contribution in [-0.2, 0) is 20.9 Å². The highest BCUT2D eigenvalue weighted by atomic mass is 16.5. The molecule has 2 aromatic carbocycles. The van der Waals surface area contributed by atoms with E-state index in [0.717, 1.165) is 5.56 Å². The van der Waals surface area contributed by atoms with Crippen LogP contribution >= 0.6 is 0 Å². The number of carbonyl (C=O) groups excluding carboxylic acids is 2. The van der Waals surface area contributed by atoms with Gasteiger partial charge >= 0.3 is 18.0 Å². The maximum absolute atomic E-state index is 13.2. The van der Waals surface area contributed by atoms with Crippen LogP contribution in [0.15, 0.2) is 65.9 Å². The molecule has 1 atom stereocenters. The molecule has 0 saturated carbocycles. The molecule has 8 nitrogen and oxygen atoms in total. The maximum atomic E-state index is 13.2. The summed E-state index contributed by atoms with van der Waals surface area (Å²) in [5.41, 5.74) is 2.81. The Labute approximate surface area is 198 Å². The Morgan fingerprint density at radius 3 is 2.44 bits per heavy atom. The number of carbonyl (C=O) groups is 3. The number of unbranched alkanes of at least 4 members (excludes halogenated alkanes) is 2. The van der Waals surface area contributed by atoms with E-state index in [2.05, 4.69) is 11.4 Å². The topological polar surface area (TPSA) is 120 Å². The first-order valence-electron chi connectivity index (χ1n) is 11.1. The van der Waals surface area contributed by atoms with Crippen molar-refractivity contribution in [3.05, 3.63) is 82.6 Å². The van der Waals surface area contributed by atoms with Gasteiger partial charge in [-0.15, -0.1) is 0 Å². The minimum absolute atomic E-state index is 0.0822. The number of ether oxygens (including phenoxy) is 1. The number of carboxylic acid groups (broad SMARTS) is 1. The molecule has 3 rings (SSSR count). The van der Waals surface area contributed by atoms with E-state index in [1.54, 1.807) is 31.2 Å². The summed E-state index contributed by atoms with van der Waals surface area (Å²) in [6.45, 7) is 2.16. The van der Waals surface area contributed by atoms with Gasteiger partial charge < -0.3 is 15.2 Å². The molecule has 34 heavy (non-hydrogen) atoms. The summed E-state index contributed by atoms with van der Waals surface area (Å²) < 4.78 is 5.60. The first-order valence-corrected chi connectivity index (χ1v) is 11.1. The third kappa shape index (κ3) is 6.23. The summed E-state index contributed by atoms with van der Waals surface area (Å²) in [4.78, 5) is 38.3. The fourth-order valence-corrected chi connectivity index (χ4v) is 3.84. The molecule has 1 heterocycles. The van der Waals surface area contributed by atoms with Crippen molar-refractivity contribution in [2.24, 2.45) is 0 Å². The van der Waals surface area contributed by atoms with Crippen molar-refractivity contribution in [1.82, 2.24) is 10.2 Å². The number of benzene rings is 2. The smallest absolute Gasteiger partial charge is 0.338 e. The first-order chi connectivity index (χ1) is 16.4. The second-order valence-electron chi connectivity index (χ2n) is 8.03. The molecule has 1 aliphatic heterocycles. The number of esters is 1. The quantitative estimate of drug-likeness (QED) is 0.402. The minimum atomic E-state index is -0.847. The van der Waals surface area contributed by atoms with E-state index in [1.807, 2.05) is 30.3 Å². The van der Waals surface area contributed by atoms with Crippen LogP contribution in [0.1, 0.15) is 55.3 Å². The highest BCUT2D eigenvalue weighted by Gasteiger charge is 2.36. The van der Waals surface area contributed by atoms with E-state index in [9.17, 15) is 14.4 Å². The Balaban J connectivity index is 1.83. The number of allylic oxidation sites excluding steroid dienone is 1. The summed E-state index contributed by atoms with van der Waals surface area (Å²) in [6, 6.07) is 17.0. The normalized spacial score (nSPS) is 15.5. The molecule has 0 radical (unpaired) electrons. The molecule has 0 aromatic heterocycles. The fourth-order valence-electron chi connectivity index (χ4n) is 3.84. The Morgan fingerprint density at radius 1 is 1.09 bits per heavy atom. The van der Waals surface area contributed by atoms with Gasteiger partial charge in [-0.1, -0.05) is 48.9 Å². The second kappa shape index (κ2) is 11.7. The number of carboxylic acids is 1. The molecule has 0 fully saturated rings. The van der Waals surface area contributed by atoms with Crippen LogP contribution in [0.25, 0.3) is 0 Å². The van der Waals surface area contributed by atoms with E-state index < -0.39 is 18.0 Å². The summed E-state index contributed by atoms with van der Waals surface area (Å²) in [5, 5.41) is 20.8. The van der Waals surface area contributed by atoms with Crippen molar-refractivity contribution < 1.29 is 24.2 Å². The van der Waals surface area contributed by atoms with Crippen LogP contribution in [0.5, 0.6) is 0 Å². The third-order valence-corrected chi connectivity index (χ3v) is 5.67. The molecule has 1 aliphatic rings. The molecule has 176 valence electrons. The van der Waals surface area contributed by atoms with Gasteiger partial charge in [0.05, 0.1) is 23.2 Å². The van der Waals surface area contributed by atoms with Gasteiger partial charge in [0.25, 0.3) is 0 Å². The number of hydrogen-bond acceptors (Lipinski definition) is 5. The van der Waals surface area contributed by atoms with Gasteiger partial charge in [-0.3, -0.25) is 9.69 Å². The minimum Gasteiger partial charge on any atom is -0.481 e. The van der Waals surface area contributed by atoms with Crippen LogP contribution in [-0.4, -0.2) is 34.5 Å². The standard InChI is InChI=1S/C26H27N3O5/c1-18-23(25(32)34-17-20-8-4-2-5-9-20)24(21-13-11-19(16-27)12-14-21)28-26(33)29(18)15-7-3-6-10-22(30)31/h2,4-5,8-9,11-14,24H,3,6-7,10,15,17H2,1H3,(H,28,33)(H,30,31). The van der Waals surface area contributed by atoms with Gasteiger partial charge in [0.1, 0.15) is 6.61 Å². The van der Waals surface area contributed by atoms with Crippen molar-refractivity contribution in [2.75, 3.05) is 6.54 Å². The number of urea groups is 1. The van der Waals surface area contributed by atoms with E-state index in [0.29, 0.717) is 48.2 Å². The molecule has 1 unspecified atom stereocenters. The Kier molecular flexibility index (Phi) is 8.41. The Morgan fingerprint density at radius 2 is 1.79 bits per heavy atom. The third-order valence-electron chi connectivity index (χ3n) is 5.67. The van der Waals surface area contributed by atoms with E-state index in [1.165, 1.54) is 4.90 Å². The number of amides is 2.